The molecular weight excluding hydrogens is 300 g/mol. The van der Waals surface area contributed by atoms with E-state index in [1.165, 1.54) is 0 Å². The highest BCUT2D eigenvalue weighted by atomic mass is 35.5. The summed E-state index contributed by atoms with van der Waals surface area (Å²) in [5.74, 6) is 0.341. The van der Waals surface area contributed by atoms with E-state index in [1.807, 2.05) is 4.90 Å². The summed E-state index contributed by atoms with van der Waals surface area (Å²) in [7, 11) is 0. The fraction of sp³-hybridized carbons (Fsp3) is 0.688. The SMILES string of the molecule is CCC(C)N1CC2(CCCN(Cc3cnc(Cl)cn3)C2)C1=O. The molecule has 1 spiro atoms. The summed E-state index contributed by atoms with van der Waals surface area (Å²) in [5, 5.41) is 0.414. The Balaban J connectivity index is 1.63. The lowest BCUT2D eigenvalue weighted by atomic mass is 9.71. The summed E-state index contributed by atoms with van der Waals surface area (Å²) in [6.45, 7) is 7.77. The number of aromatic nitrogens is 2. The van der Waals surface area contributed by atoms with Crippen molar-refractivity contribution in [2.75, 3.05) is 19.6 Å². The van der Waals surface area contributed by atoms with Crippen LogP contribution in [0.4, 0.5) is 0 Å². The molecule has 0 radical (unpaired) electrons. The predicted octanol–water partition coefficient (Wildman–Crippen LogP) is 2.35. The first-order valence-corrected chi connectivity index (χ1v) is 8.42. The van der Waals surface area contributed by atoms with E-state index < -0.39 is 0 Å². The van der Waals surface area contributed by atoms with Gasteiger partial charge in [0.25, 0.3) is 0 Å². The molecule has 0 bridgehead atoms. The molecule has 2 atom stereocenters. The van der Waals surface area contributed by atoms with Gasteiger partial charge in [0, 0.05) is 25.7 Å². The lowest BCUT2D eigenvalue weighted by Crippen LogP contribution is -2.68. The van der Waals surface area contributed by atoms with Crippen molar-refractivity contribution in [2.45, 2.75) is 45.7 Å². The van der Waals surface area contributed by atoms with E-state index in [9.17, 15) is 4.79 Å². The second-order valence-corrected chi connectivity index (χ2v) is 7.00. The number of amides is 1. The Morgan fingerprint density at radius 3 is 2.82 bits per heavy atom. The van der Waals surface area contributed by atoms with Crippen molar-refractivity contribution in [3.8, 4) is 0 Å². The highest BCUT2D eigenvalue weighted by Gasteiger charge is 2.54. The summed E-state index contributed by atoms with van der Waals surface area (Å²) in [4.78, 5) is 25.4. The van der Waals surface area contributed by atoms with Crippen LogP contribution in [0.15, 0.2) is 12.4 Å². The van der Waals surface area contributed by atoms with Crippen molar-refractivity contribution in [1.29, 1.82) is 0 Å². The zero-order valence-corrected chi connectivity index (χ0v) is 14.0. The van der Waals surface area contributed by atoms with Crippen molar-refractivity contribution in [3.05, 3.63) is 23.2 Å². The molecule has 0 aromatic carbocycles. The Morgan fingerprint density at radius 1 is 1.36 bits per heavy atom. The van der Waals surface area contributed by atoms with Crippen LogP contribution in [0.2, 0.25) is 5.15 Å². The molecule has 120 valence electrons. The maximum absolute atomic E-state index is 12.6. The van der Waals surface area contributed by atoms with Crippen LogP contribution in [0.25, 0.3) is 0 Å². The topological polar surface area (TPSA) is 49.3 Å². The monoisotopic (exact) mass is 322 g/mol. The first-order chi connectivity index (χ1) is 10.5. The third-order valence-electron chi connectivity index (χ3n) is 5.03. The normalized spacial score (nSPS) is 27.0. The van der Waals surface area contributed by atoms with E-state index in [-0.39, 0.29) is 5.41 Å². The molecule has 1 amide bonds. The molecule has 2 aliphatic rings. The molecule has 2 saturated heterocycles. The minimum absolute atomic E-state index is 0.151. The van der Waals surface area contributed by atoms with Crippen molar-refractivity contribution in [2.24, 2.45) is 5.41 Å². The fourth-order valence-corrected chi connectivity index (χ4v) is 3.67. The summed E-state index contributed by atoms with van der Waals surface area (Å²) in [6.07, 6.45) is 6.40. The Kier molecular flexibility index (Phi) is 4.37. The number of piperidine rings is 1. The van der Waals surface area contributed by atoms with E-state index in [4.69, 9.17) is 11.6 Å². The Morgan fingerprint density at radius 2 is 2.18 bits per heavy atom. The van der Waals surface area contributed by atoms with Crippen molar-refractivity contribution < 1.29 is 4.79 Å². The van der Waals surface area contributed by atoms with Gasteiger partial charge in [-0.3, -0.25) is 14.7 Å². The largest absolute Gasteiger partial charge is 0.338 e. The average molecular weight is 323 g/mol. The zero-order chi connectivity index (χ0) is 15.7. The maximum Gasteiger partial charge on any atom is 0.232 e. The van der Waals surface area contributed by atoms with Crippen LogP contribution in [-0.2, 0) is 11.3 Å². The third kappa shape index (κ3) is 2.84. The van der Waals surface area contributed by atoms with Crippen LogP contribution in [0.1, 0.15) is 38.8 Å². The number of rotatable bonds is 4. The highest BCUT2D eigenvalue weighted by molar-refractivity contribution is 6.29. The molecule has 1 aromatic rings. The second-order valence-electron chi connectivity index (χ2n) is 6.62. The number of hydrogen-bond donors (Lipinski definition) is 0. The highest BCUT2D eigenvalue weighted by Crippen LogP contribution is 2.41. The molecule has 2 fully saturated rings. The van der Waals surface area contributed by atoms with Gasteiger partial charge in [0.1, 0.15) is 5.15 Å². The molecule has 0 aliphatic carbocycles. The number of β-lactam (4-membered cyclic amide) rings is 1. The van der Waals surface area contributed by atoms with Gasteiger partial charge in [0.15, 0.2) is 0 Å². The maximum atomic E-state index is 12.6. The number of hydrogen-bond acceptors (Lipinski definition) is 4. The minimum Gasteiger partial charge on any atom is -0.338 e. The number of carbonyl (C=O) groups excluding carboxylic acids is 1. The quantitative estimate of drug-likeness (QED) is 0.798. The zero-order valence-electron chi connectivity index (χ0n) is 13.3. The van der Waals surface area contributed by atoms with Gasteiger partial charge in [0.05, 0.1) is 23.5 Å². The molecule has 2 aliphatic heterocycles. The van der Waals surface area contributed by atoms with E-state index >= 15 is 0 Å². The van der Waals surface area contributed by atoms with Gasteiger partial charge in [0.2, 0.25) is 5.91 Å². The first kappa shape index (κ1) is 15.7. The molecule has 1 aromatic heterocycles. The minimum atomic E-state index is -0.151. The Hall–Kier alpha value is -1.20. The van der Waals surface area contributed by atoms with E-state index in [2.05, 4.69) is 28.7 Å². The van der Waals surface area contributed by atoms with Crippen molar-refractivity contribution in [1.82, 2.24) is 19.8 Å². The summed E-state index contributed by atoms with van der Waals surface area (Å²) < 4.78 is 0. The van der Waals surface area contributed by atoms with E-state index in [1.54, 1.807) is 12.4 Å². The molecule has 6 heteroatoms. The van der Waals surface area contributed by atoms with Gasteiger partial charge >= 0.3 is 0 Å². The van der Waals surface area contributed by atoms with Gasteiger partial charge in [-0.2, -0.15) is 0 Å². The van der Waals surface area contributed by atoms with Crippen LogP contribution >= 0.6 is 11.6 Å². The lowest BCUT2D eigenvalue weighted by molar-refractivity contribution is -0.170. The van der Waals surface area contributed by atoms with Gasteiger partial charge in [-0.1, -0.05) is 18.5 Å². The van der Waals surface area contributed by atoms with E-state index in [0.717, 1.165) is 51.1 Å². The number of halogens is 1. The third-order valence-corrected chi connectivity index (χ3v) is 5.22. The summed E-state index contributed by atoms with van der Waals surface area (Å²) in [5.41, 5.74) is 0.758. The molecule has 3 heterocycles. The van der Waals surface area contributed by atoms with Gasteiger partial charge in [-0.15, -0.1) is 0 Å². The van der Waals surface area contributed by atoms with Crippen LogP contribution in [0.3, 0.4) is 0 Å². The molecule has 5 nitrogen and oxygen atoms in total. The second kappa shape index (κ2) is 6.13. The van der Waals surface area contributed by atoms with Gasteiger partial charge in [-0.05, 0) is 32.7 Å². The summed E-state index contributed by atoms with van der Waals surface area (Å²) >= 11 is 5.77. The predicted molar refractivity (Wildman–Crippen MR) is 85.5 cm³/mol. The average Bonchev–Trinajstić information content (AvgIpc) is 2.54. The van der Waals surface area contributed by atoms with Crippen LogP contribution < -0.4 is 0 Å². The summed E-state index contributed by atoms with van der Waals surface area (Å²) in [6, 6.07) is 0.357. The van der Waals surface area contributed by atoms with Crippen LogP contribution in [-0.4, -0.2) is 51.4 Å². The Bertz CT molecular complexity index is 550. The van der Waals surface area contributed by atoms with E-state index in [0.29, 0.717) is 17.1 Å². The molecular formula is C16H23ClN4O. The molecule has 2 unspecified atom stereocenters. The molecule has 0 N–H and O–H groups in total. The Labute approximate surface area is 136 Å². The van der Waals surface area contributed by atoms with Crippen LogP contribution in [0, 0.1) is 5.41 Å². The molecule has 0 saturated carbocycles. The van der Waals surface area contributed by atoms with Crippen molar-refractivity contribution >= 4 is 17.5 Å². The number of nitrogens with zero attached hydrogens (tertiary/aromatic N) is 4. The first-order valence-electron chi connectivity index (χ1n) is 8.04. The molecule has 22 heavy (non-hydrogen) atoms. The lowest BCUT2D eigenvalue weighted by Gasteiger charge is -2.55. The fourth-order valence-electron chi connectivity index (χ4n) is 3.57. The van der Waals surface area contributed by atoms with Crippen molar-refractivity contribution in [3.63, 3.8) is 0 Å². The number of carbonyl (C=O) groups is 1. The number of likely N-dealkylation sites (tertiary alicyclic amines) is 2. The van der Waals surface area contributed by atoms with Gasteiger partial charge in [-0.25, -0.2) is 4.98 Å². The van der Waals surface area contributed by atoms with Crippen LogP contribution in [0.5, 0.6) is 0 Å². The van der Waals surface area contributed by atoms with Gasteiger partial charge < -0.3 is 4.90 Å². The molecule has 3 rings (SSSR count). The standard InChI is InChI=1S/C16H23ClN4O/c1-3-12(2)21-11-16(15(21)22)5-4-6-20(10-16)9-13-7-19-14(17)8-18-13/h7-8,12H,3-6,9-11H2,1-2H3. The smallest absolute Gasteiger partial charge is 0.232 e.